The van der Waals surface area contributed by atoms with E-state index in [1.54, 1.807) is 0 Å². The molecule has 0 bridgehead atoms. The SMILES string of the molecule is CCCCCCCNc1ccc(NC(C)=O)c(Cl)c1. The standard InChI is InChI=1S/C15H23ClN2O/c1-3-4-5-6-7-10-17-13-8-9-15(14(16)11-13)18-12(2)19/h8-9,11,17H,3-7,10H2,1-2H3,(H,18,19). The Morgan fingerprint density at radius 3 is 2.58 bits per heavy atom. The topological polar surface area (TPSA) is 41.1 Å². The summed E-state index contributed by atoms with van der Waals surface area (Å²) in [6.07, 6.45) is 6.33. The Hall–Kier alpha value is -1.22. The molecule has 1 rings (SSSR count). The van der Waals surface area contributed by atoms with Crippen LogP contribution in [0.15, 0.2) is 18.2 Å². The molecule has 1 amide bonds. The van der Waals surface area contributed by atoms with E-state index in [1.807, 2.05) is 18.2 Å². The highest BCUT2D eigenvalue weighted by Gasteiger charge is 2.03. The molecule has 1 aromatic rings. The van der Waals surface area contributed by atoms with Gasteiger partial charge in [0.05, 0.1) is 10.7 Å². The van der Waals surface area contributed by atoms with E-state index in [-0.39, 0.29) is 5.91 Å². The molecule has 0 atom stereocenters. The molecule has 106 valence electrons. The summed E-state index contributed by atoms with van der Waals surface area (Å²) in [5.41, 5.74) is 1.65. The van der Waals surface area contributed by atoms with Crippen LogP contribution in [0.3, 0.4) is 0 Å². The molecule has 0 heterocycles. The number of rotatable bonds is 8. The van der Waals surface area contributed by atoms with Gasteiger partial charge in [0.1, 0.15) is 0 Å². The third kappa shape index (κ3) is 6.48. The smallest absolute Gasteiger partial charge is 0.221 e. The van der Waals surface area contributed by atoms with E-state index in [0.29, 0.717) is 10.7 Å². The zero-order chi connectivity index (χ0) is 14.1. The first-order valence-electron chi connectivity index (χ1n) is 6.94. The molecule has 19 heavy (non-hydrogen) atoms. The van der Waals surface area contributed by atoms with E-state index in [2.05, 4.69) is 17.6 Å². The zero-order valence-electron chi connectivity index (χ0n) is 11.8. The first-order valence-corrected chi connectivity index (χ1v) is 7.32. The minimum absolute atomic E-state index is 0.112. The lowest BCUT2D eigenvalue weighted by Gasteiger charge is -2.09. The molecule has 0 saturated heterocycles. The normalized spacial score (nSPS) is 10.3. The number of anilines is 2. The summed E-state index contributed by atoms with van der Waals surface area (Å²) in [6, 6.07) is 5.60. The lowest BCUT2D eigenvalue weighted by Crippen LogP contribution is -2.07. The molecule has 1 aromatic carbocycles. The molecule has 0 aliphatic heterocycles. The quantitative estimate of drug-likeness (QED) is 0.680. The predicted molar refractivity (Wildman–Crippen MR) is 83.0 cm³/mol. The van der Waals surface area contributed by atoms with Crippen molar-refractivity contribution in [3.8, 4) is 0 Å². The number of hydrogen-bond acceptors (Lipinski definition) is 2. The Morgan fingerprint density at radius 2 is 1.95 bits per heavy atom. The molecule has 0 fully saturated rings. The van der Waals surface area contributed by atoms with Gasteiger partial charge in [-0.25, -0.2) is 0 Å². The third-order valence-corrected chi connectivity index (χ3v) is 3.20. The average Bonchev–Trinajstić information content (AvgIpc) is 2.36. The fourth-order valence-electron chi connectivity index (χ4n) is 1.88. The van der Waals surface area contributed by atoms with Gasteiger partial charge < -0.3 is 10.6 Å². The summed E-state index contributed by atoms with van der Waals surface area (Å²) in [6.45, 7) is 4.65. The first kappa shape index (κ1) is 15.8. The second-order valence-electron chi connectivity index (χ2n) is 4.72. The van der Waals surface area contributed by atoms with Crippen molar-refractivity contribution < 1.29 is 4.79 Å². The Bertz CT molecular complexity index is 407. The van der Waals surface area contributed by atoms with Crippen LogP contribution in [0.1, 0.15) is 46.0 Å². The van der Waals surface area contributed by atoms with Gasteiger partial charge in [0.15, 0.2) is 0 Å². The molecular formula is C15H23ClN2O. The largest absolute Gasteiger partial charge is 0.385 e. The Labute approximate surface area is 120 Å². The molecule has 0 saturated carbocycles. The van der Waals surface area contributed by atoms with Gasteiger partial charge >= 0.3 is 0 Å². The summed E-state index contributed by atoms with van der Waals surface area (Å²) in [4.78, 5) is 11.0. The van der Waals surface area contributed by atoms with Crippen LogP contribution in [-0.4, -0.2) is 12.5 Å². The van der Waals surface area contributed by atoms with Crippen molar-refractivity contribution in [1.29, 1.82) is 0 Å². The van der Waals surface area contributed by atoms with Gasteiger partial charge in [0.2, 0.25) is 5.91 Å². The summed E-state index contributed by atoms with van der Waals surface area (Å²) < 4.78 is 0. The lowest BCUT2D eigenvalue weighted by molar-refractivity contribution is -0.114. The number of halogens is 1. The zero-order valence-corrected chi connectivity index (χ0v) is 12.5. The van der Waals surface area contributed by atoms with E-state index in [1.165, 1.54) is 39.0 Å². The highest BCUT2D eigenvalue weighted by Crippen LogP contribution is 2.25. The molecule has 0 unspecified atom stereocenters. The van der Waals surface area contributed by atoms with Crippen molar-refractivity contribution >= 4 is 28.9 Å². The van der Waals surface area contributed by atoms with E-state index >= 15 is 0 Å². The minimum atomic E-state index is -0.112. The minimum Gasteiger partial charge on any atom is -0.385 e. The Kier molecular flexibility index (Phi) is 7.34. The van der Waals surface area contributed by atoms with Crippen molar-refractivity contribution in [3.63, 3.8) is 0 Å². The van der Waals surface area contributed by atoms with Crippen LogP contribution in [0.25, 0.3) is 0 Å². The van der Waals surface area contributed by atoms with Gasteiger partial charge in [0.25, 0.3) is 0 Å². The number of hydrogen-bond donors (Lipinski definition) is 2. The molecule has 0 radical (unpaired) electrons. The highest BCUT2D eigenvalue weighted by molar-refractivity contribution is 6.34. The van der Waals surface area contributed by atoms with Crippen LogP contribution < -0.4 is 10.6 Å². The van der Waals surface area contributed by atoms with Crippen molar-refractivity contribution in [2.24, 2.45) is 0 Å². The van der Waals surface area contributed by atoms with Crippen LogP contribution in [-0.2, 0) is 4.79 Å². The Balaban J connectivity index is 2.35. The monoisotopic (exact) mass is 282 g/mol. The average molecular weight is 283 g/mol. The number of amides is 1. The molecule has 4 heteroatoms. The van der Waals surface area contributed by atoms with E-state index in [9.17, 15) is 4.79 Å². The number of unbranched alkanes of at least 4 members (excludes halogenated alkanes) is 4. The van der Waals surface area contributed by atoms with Gasteiger partial charge in [-0.05, 0) is 24.6 Å². The van der Waals surface area contributed by atoms with Crippen molar-refractivity contribution in [2.45, 2.75) is 46.0 Å². The summed E-state index contributed by atoms with van der Waals surface area (Å²) >= 11 is 6.10. The maximum Gasteiger partial charge on any atom is 0.221 e. The van der Waals surface area contributed by atoms with E-state index in [4.69, 9.17) is 11.6 Å². The lowest BCUT2D eigenvalue weighted by atomic mass is 10.1. The van der Waals surface area contributed by atoms with E-state index in [0.717, 1.165) is 12.2 Å². The van der Waals surface area contributed by atoms with Crippen LogP contribution in [0.4, 0.5) is 11.4 Å². The van der Waals surface area contributed by atoms with Gasteiger partial charge in [-0.15, -0.1) is 0 Å². The van der Waals surface area contributed by atoms with Crippen LogP contribution in [0.5, 0.6) is 0 Å². The van der Waals surface area contributed by atoms with Gasteiger partial charge in [-0.2, -0.15) is 0 Å². The molecule has 0 spiro atoms. The number of benzene rings is 1. The third-order valence-electron chi connectivity index (χ3n) is 2.89. The van der Waals surface area contributed by atoms with Gasteiger partial charge in [0, 0.05) is 19.2 Å². The fraction of sp³-hybridized carbons (Fsp3) is 0.533. The molecule has 0 aliphatic rings. The second-order valence-corrected chi connectivity index (χ2v) is 5.12. The highest BCUT2D eigenvalue weighted by atomic mass is 35.5. The Morgan fingerprint density at radius 1 is 1.21 bits per heavy atom. The van der Waals surface area contributed by atoms with Crippen LogP contribution in [0.2, 0.25) is 5.02 Å². The molecule has 0 aromatic heterocycles. The van der Waals surface area contributed by atoms with E-state index < -0.39 is 0 Å². The maximum atomic E-state index is 11.0. The van der Waals surface area contributed by atoms with Crippen molar-refractivity contribution in [2.75, 3.05) is 17.2 Å². The predicted octanol–water partition coefficient (Wildman–Crippen LogP) is 4.68. The van der Waals surface area contributed by atoms with Crippen molar-refractivity contribution in [1.82, 2.24) is 0 Å². The fourth-order valence-corrected chi connectivity index (χ4v) is 2.11. The molecule has 2 N–H and O–H groups in total. The summed E-state index contributed by atoms with van der Waals surface area (Å²) in [7, 11) is 0. The number of carbonyl (C=O) groups excluding carboxylic acids is 1. The number of nitrogens with one attached hydrogen (secondary N) is 2. The summed E-state index contributed by atoms with van der Waals surface area (Å²) in [5, 5.41) is 6.60. The van der Waals surface area contributed by atoms with Crippen LogP contribution >= 0.6 is 11.6 Å². The molecule has 0 aliphatic carbocycles. The molecular weight excluding hydrogens is 260 g/mol. The molecule has 3 nitrogen and oxygen atoms in total. The van der Waals surface area contributed by atoms with Gasteiger partial charge in [-0.3, -0.25) is 4.79 Å². The van der Waals surface area contributed by atoms with Gasteiger partial charge in [-0.1, -0.05) is 44.2 Å². The number of carbonyl (C=O) groups is 1. The second kappa shape index (κ2) is 8.81. The summed E-state index contributed by atoms with van der Waals surface area (Å²) in [5.74, 6) is -0.112. The van der Waals surface area contributed by atoms with Crippen LogP contribution in [0, 0.1) is 0 Å². The maximum absolute atomic E-state index is 11.0. The first-order chi connectivity index (χ1) is 9.13. The van der Waals surface area contributed by atoms with Crippen molar-refractivity contribution in [3.05, 3.63) is 23.2 Å².